The summed E-state index contributed by atoms with van der Waals surface area (Å²) in [6, 6.07) is 10.6. The number of thioether (sulfide) groups is 1. The first kappa shape index (κ1) is 16.4. The van der Waals surface area contributed by atoms with E-state index in [4.69, 9.17) is 0 Å². The number of non-ortho nitro benzene ring substituents is 1. The number of rotatable bonds is 5. The fourth-order valence-electron chi connectivity index (χ4n) is 1.56. The van der Waals surface area contributed by atoms with Crippen LogP contribution in [0.2, 0.25) is 0 Å². The number of halogens is 2. The van der Waals surface area contributed by atoms with Crippen molar-refractivity contribution in [3.05, 3.63) is 64.7 Å². The highest BCUT2D eigenvalue weighted by Gasteiger charge is 2.47. The number of nitro benzene ring substituents is 1. The number of benzene rings is 2. The Balaban J connectivity index is 2.29. The van der Waals surface area contributed by atoms with Gasteiger partial charge in [0, 0.05) is 17.0 Å². The van der Waals surface area contributed by atoms with Crippen molar-refractivity contribution in [1.29, 1.82) is 0 Å². The minimum absolute atomic E-state index is 0.0879. The van der Waals surface area contributed by atoms with Crippen LogP contribution in [-0.2, 0) is 9.84 Å². The van der Waals surface area contributed by atoms with Crippen LogP contribution in [0.3, 0.4) is 0 Å². The van der Waals surface area contributed by atoms with Gasteiger partial charge in [0.15, 0.2) is 0 Å². The van der Waals surface area contributed by atoms with Crippen molar-refractivity contribution in [3.8, 4) is 0 Å². The van der Waals surface area contributed by atoms with Crippen LogP contribution in [0, 0.1) is 10.1 Å². The van der Waals surface area contributed by atoms with Gasteiger partial charge in [0.1, 0.15) is 0 Å². The molecule has 0 aliphatic rings. The number of nitro groups is 1. The van der Waals surface area contributed by atoms with E-state index in [0.29, 0.717) is 0 Å². The predicted octanol–water partition coefficient (Wildman–Crippen LogP) is 3.71. The molecule has 0 amide bonds. The summed E-state index contributed by atoms with van der Waals surface area (Å²) >= 11 is -0.176. The molecule has 0 heterocycles. The Morgan fingerprint density at radius 1 is 1.00 bits per heavy atom. The van der Waals surface area contributed by atoms with Gasteiger partial charge in [-0.15, -0.1) is 0 Å². The van der Waals surface area contributed by atoms with Gasteiger partial charge < -0.3 is 0 Å². The van der Waals surface area contributed by atoms with E-state index in [-0.39, 0.29) is 22.3 Å². The summed E-state index contributed by atoms with van der Waals surface area (Å²) in [6.45, 7) is 0. The fraction of sp³-hybridized carbons (Fsp3) is 0.0769. The number of alkyl halides is 2. The summed E-state index contributed by atoms with van der Waals surface area (Å²) < 4.78 is 48.0. The third-order valence-corrected chi connectivity index (χ3v) is 5.82. The van der Waals surface area contributed by atoms with Gasteiger partial charge in [0.25, 0.3) is 15.5 Å². The Labute approximate surface area is 129 Å². The topological polar surface area (TPSA) is 77.3 Å². The molecule has 0 fully saturated rings. The molecule has 0 radical (unpaired) electrons. The molecule has 5 nitrogen and oxygen atoms in total. The molecule has 0 aromatic heterocycles. The highest BCUT2D eigenvalue weighted by Crippen LogP contribution is 2.43. The highest BCUT2D eigenvalue weighted by molar-refractivity contribution is 8.14. The third kappa shape index (κ3) is 3.25. The van der Waals surface area contributed by atoms with Gasteiger partial charge in [-0.2, -0.15) is 8.78 Å². The molecule has 0 N–H and O–H groups in total. The largest absolute Gasteiger partial charge is 0.401 e. The molecular weight excluding hydrogens is 336 g/mol. The SMILES string of the molecule is O=[N+]([O-])c1ccc(SC(F)(F)S(=O)(=O)c2ccccc2)cc1. The normalized spacial score (nSPS) is 12.1. The van der Waals surface area contributed by atoms with Crippen LogP contribution in [0.25, 0.3) is 0 Å². The quantitative estimate of drug-likeness (QED) is 0.469. The van der Waals surface area contributed by atoms with Gasteiger partial charge in [-0.1, -0.05) is 18.2 Å². The Morgan fingerprint density at radius 3 is 2.05 bits per heavy atom. The maximum atomic E-state index is 14.1. The van der Waals surface area contributed by atoms with E-state index < -0.39 is 24.2 Å². The first-order valence-corrected chi connectivity index (χ1v) is 8.15. The molecule has 2 rings (SSSR count). The van der Waals surface area contributed by atoms with Crippen LogP contribution in [0.4, 0.5) is 14.5 Å². The maximum absolute atomic E-state index is 14.1. The maximum Gasteiger partial charge on any atom is 0.401 e. The summed E-state index contributed by atoms with van der Waals surface area (Å²) in [6.07, 6.45) is 0. The third-order valence-electron chi connectivity index (χ3n) is 2.65. The first-order chi connectivity index (χ1) is 10.2. The lowest BCUT2D eigenvalue weighted by atomic mass is 10.3. The summed E-state index contributed by atoms with van der Waals surface area (Å²) in [5, 5.41) is 10.5. The smallest absolute Gasteiger partial charge is 0.258 e. The standard InChI is InChI=1S/C13H9F2NO4S2/c14-13(15,22(19,20)12-4-2-1-3-5-12)21-11-8-6-10(7-9-11)16(17)18/h1-9H. The van der Waals surface area contributed by atoms with Gasteiger partial charge in [0.05, 0.1) is 9.82 Å². The number of sulfone groups is 1. The van der Waals surface area contributed by atoms with E-state index in [1.807, 2.05) is 0 Å². The number of hydrogen-bond donors (Lipinski definition) is 0. The molecule has 0 bridgehead atoms. The lowest BCUT2D eigenvalue weighted by Gasteiger charge is -2.16. The van der Waals surface area contributed by atoms with Crippen molar-refractivity contribution in [2.75, 3.05) is 0 Å². The van der Waals surface area contributed by atoms with Crippen LogP contribution >= 0.6 is 11.8 Å². The highest BCUT2D eigenvalue weighted by atomic mass is 32.3. The van der Waals surface area contributed by atoms with Crippen molar-refractivity contribution < 1.29 is 22.1 Å². The van der Waals surface area contributed by atoms with Crippen LogP contribution in [0.15, 0.2) is 64.4 Å². The first-order valence-electron chi connectivity index (χ1n) is 5.85. The zero-order valence-corrected chi connectivity index (χ0v) is 12.5. The zero-order valence-electron chi connectivity index (χ0n) is 10.8. The van der Waals surface area contributed by atoms with Gasteiger partial charge in [-0.3, -0.25) is 10.1 Å². The van der Waals surface area contributed by atoms with Crippen LogP contribution < -0.4 is 0 Å². The zero-order chi connectivity index (χ0) is 16.4. The average molecular weight is 345 g/mol. The average Bonchev–Trinajstić information content (AvgIpc) is 2.48. The van der Waals surface area contributed by atoms with Gasteiger partial charge >= 0.3 is 4.59 Å². The molecule has 0 atom stereocenters. The molecule has 0 unspecified atom stereocenters. The second-order valence-electron chi connectivity index (χ2n) is 4.13. The van der Waals surface area contributed by atoms with Crippen molar-refractivity contribution in [2.45, 2.75) is 14.4 Å². The molecule has 22 heavy (non-hydrogen) atoms. The lowest BCUT2D eigenvalue weighted by molar-refractivity contribution is -0.384. The Bertz CT molecular complexity index is 777. The van der Waals surface area contributed by atoms with E-state index in [9.17, 15) is 27.3 Å². The molecule has 9 heteroatoms. The molecule has 0 aliphatic heterocycles. The molecular formula is C13H9F2NO4S2. The Kier molecular flexibility index (Phi) is 4.47. The minimum atomic E-state index is -4.87. The van der Waals surface area contributed by atoms with E-state index in [1.54, 1.807) is 0 Å². The number of hydrogen-bond acceptors (Lipinski definition) is 5. The fourth-order valence-corrected chi connectivity index (χ4v) is 3.92. The molecule has 2 aromatic rings. The summed E-state index contributed by atoms with van der Waals surface area (Å²) in [4.78, 5) is 9.24. The van der Waals surface area contributed by atoms with Crippen molar-refractivity contribution in [2.24, 2.45) is 0 Å². The monoisotopic (exact) mass is 345 g/mol. The summed E-state index contributed by atoms with van der Waals surface area (Å²) in [5.74, 6) is 0. The number of nitrogens with zero attached hydrogens (tertiary/aromatic N) is 1. The lowest BCUT2D eigenvalue weighted by Crippen LogP contribution is -2.24. The molecule has 0 saturated carbocycles. The van der Waals surface area contributed by atoms with Crippen molar-refractivity contribution >= 4 is 27.3 Å². The molecule has 0 saturated heterocycles. The van der Waals surface area contributed by atoms with Crippen molar-refractivity contribution in [1.82, 2.24) is 0 Å². The van der Waals surface area contributed by atoms with Crippen LogP contribution in [0.1, 0.15) is 0 Å². The predicted molar refractivity (Wildman–Crippen MR) is 77.5 cm³/mol. The summed E-state index contributed by atoms with van der Waals surface area (Å²) in [5.41, 5.74) is -0.265. The molecule has 2 aromatic carbocycles. The molecule has 0 spiro atoms. The second kappa shape index (κ2) is 6.01. The van der Waals surface area contributed by atoms with Crippen LogP contribution in [-0.4, -0.2) is 17.9 Å². The van der Waals surface area contributed by atoms with E-state index in [2.05, 4.69) is 0 Å². The van der Waals surface area contributed by atoms with Crippen molar-refractivity contribution in [3.63, 3.8) is 0 Å². The molecule has 0 aliphatic carbocycles. The van der Waals surface area contributed by atoms with Gasteiger partial charge in [-0.25, -0.2) is 8.42 Å². The minimum Gasteiger partial charge on any atom is -0.258 e. The van der Waals surface area contributed by atoms with E-state index in [0.717, 1.165) is 36.4 Å². The van der Waals surface area contributed by atoms with Gasteiger partial charge in [0.2, 0.25) is 0 Å². The van der Waals surface area contributed by atoms with Crippen LogP contribution in [0.5, 0.6) is 0 Å². The van der Waals surface area contributed by atoms with Gasteiger partial charge in [-0.05, 0) is 36.0 Å². The second-order valence-corrected chi connectivity index (χ2v) is 7.57. The summed E-state index contributed by atoms with van der Waals surface area (Å²) in [7, 11) is -4.87. The Morgan fingerprint density at radius 2 is 1.55 bits per heavy atom. The molecule has 116 valence electrons. The van der Waals surface area contributed by atoms with E-state index in [1.165, 1.54) is 18.2 Å². The van der Waals surface area contributed by atoms with E-state index >= 15 is 0 Å². The Hall–Kier alpha value is -2.00.